The lowest BCUT2D eigenvalue weighted by molar-refractivity contribution is 0.0981. The minimum Gasteiger partial charge on any atom is -0.493 e. The van der Waals surface area contributed by atoms with Crippen LogP contribution in [0, 0.1) is 0 Å². The molecule has 0 unspecified atom stereocenters. The summed E-state index contributed by atoms with van der Waals surface area (Å²) in [4.78, 5) is 14.8. The average molecular weight is 297 g/mol. The summed E-state index contributed by atoms with van der Waals surface area (Å²) in [6, 6.07) is 13.5. The molecule has 3 rings (SSSR count). The Morgan fingerprint density at radius 1 is 1.09 bits per heavy atom. The van der Waals surface area contributed by atoms with Gasteiger partial charge in [-0.25, -0.2) is 0 Å². The number of anilines is 1. The molecular formula is C18H19NO3. The monoisotopic (exact) mass is 297 g/mol. The molecule has 2 aromatic rings. The van der Waals surface area contributed by atoms with Crippen molar-refractivity contribution in [1.29, 1.82) is 0 Å². The van der Waals surface area contributed by atoms with E-state index in [-0.39, 0.29) is 11.9 Å². The van der Waals surface area contributed by atoms with Crippen molar-refractivity contribution in [1.82, 2.24) is 0 Å². The van der Waals surface area contributed by atoms with Gasteiger partial charge in [0, 0.05) is 17.3 Å². The van der Waals surface area contributed by atoms with Crippen LogP contribution in [0.15, 0.2) is 42.5 Å². The summed E-state index contributed by atoms with van der Waals surface area (Å²) in [5, 5.41) is 0. The Kier molecular flexibility index (Phi) is 3.75. The lowest BCUT2D eigenvalue weighted by atomic mass is 10.1. The van der Waals surface area contributed by atoms with Crippen LogP contribution in [0.1, 0.15) is 22.8 Å². The smallest absolute Gasteiger partial charge is 0.258 e. The molecule has 0 saturated heterocycles. The fraction of sp³-hybridized carbons (Fsp3) is 0.278. The fourth-order valence-corrected chi connectivity index (χ4v) is 2.98. The molecular weight excluding hydrogens is 278 g/mol. The number of nitrogens with zero attached hydrogens (tertiary/aromatic N) is 1. The lowest BCUT2D eigenvalue weighted by Gasteiger charge is -2.23. The van der Waals surface area contributed by atoms with Crippen LogP contribution in [-0.2, 0) is 6.42 Å². The minimum absolute atomic E-state index is 0.0154. The number of para-hydroxylation sites is 1. The molecule has 1 atom stereocenters. The Labute approximate surface area is 130 Å². The zero-order chi connectivity index (χ0) is 15.7. The highest BCUT2D eigenvalue weighted by Gasteiger charge is 2.31. The zero-order valence-electron chi connectivity index (χ0n) is 13.0. The highest BCUT2D eigenvalue weighted by molar-refractivity contribution is 6.08. The molecule has 1 aliphatic heterocycles. The number of carbonyl (C=O) groups excluding carboxylic acids is 1. The first-order valence-electron chi connectivity index (χ1n) is 7.29. The van der Waals surface area contributed by atoms with Crippen LogP contribution in [0.2, 0.25) is 0 Å². The summed E-state index contributed by atoms with van der Waals surface area (Å²) in [5.74, 6) is 1.17. The van der Waals surface area contributed by atoms with Gasteiger partial charge >= 0.3 is 0 Å². The number of carbonyl (C=O) groups is 1. The van der Waals surface area contributed by atoms with Crippen molar-refractivity contribution in [3.8, 4) is 11.5 Å². The molecule has 0 spiro atoms. The van der Waals surface area contributed by atoms with Gasteiger partial charge in [-0.1, -0.05) is 18.2 Å². The number of hydrogen-bond acceptors (Lipinski definition) is 3. The molecule has 114 valence electrons. The minimum atomic E-state index is -0.0154. The Morgan fingerprint density at radius 3 is 2.55 bits per heavy atom. The van der Waals surface area contributed by atoms with Gasteiger partial charge in [-0.05, 0) is 43.2 Å². The van der Waals surface area contributed by atoms with Gasteiger partial charge in [-0.3, -0.25) is 4.79 Å². The maximum Gasteiger partial charge on any atom is 0.258 e. The average Bonchev–Trinajstić information content (AvgIpc) is 2.89. The number of fused-ring (bicyclic) bond motifs is 1. The molecule has 1 heterocycles. The number of rotatable bonds is 3. The first-order chi connectivity index (χ1) is 10.7. The Balaban J connectivity index is 1.98. The van der Waals surface area contributed by atoms with Gasteiger partial charge in [-0.15, -0.1) is 0 Å². The molecule has 0 N–H and O–H groups in total. The molecule has 1 amide bonds. The number of hydrogen-bond donors (Lipinski definition) is 0. The van der Waals surface area contributed by atoms with Crippen LogP contribution in [0.4, 0.5) is 5.69 Å². The summed E-state index contributed by atoms with van der Waals surface area (Å²) < 4.78 is 10.5. The van der Waals surface area contributed by atoms with E-state index in [2.05, 4.69) is 13.0 Å². The molecule has 4 heteroatoms. The normalized spacial score (nSPS) is 16.3. The van der Waals surface area contributed by atoms with E-state index in [4.69, 9.17) is 9.47 Å². The third kappa shape index (κ3) is 2.30. The molecule has 0 radical (unpaired) electrons. The van der Waals surface area contributed by atoms with Crippen LogP contribution in [0.25, 0.3) is 0 Å². The second-order valence-corrected chi connectivity index (χ2v) is 5.43. The molecule has 4 nitrogen and oxygen atoms in total. The van der Waals surface area contributed by atoms with Crippen molar-refractivity contribution in [3.63, 3.8) is 0 Å². The van der Waals surface area contributed by atoms with Gasteiger partial charge in [0.15, 0.2) is 11.5 Å². The van der Waals surface area contributed by atoms with Crippen molar-refractivity contribution in [3.05, 3.63) is 53.6 Å². The highest BCUT2D eigenvalue weighted by Crippen LogP contribution is 2.34. The standard InChI is InChI=1S/C18H19NO3/c1-12-10-13-6-4-5-7-15(13)19(12)18(20)14-8-9-16(21-2)17(11-14)22-3/h4-9,11-12H,10H2,1-3H3/t12-/m1/s1. The fourth-order valence-electron chi connectivity index (χ4n) is 2.98. The zero-order valence-corrected chi connectivity index (χ0v) is 13.0. The quantitative estimate of drug-likeness (QED) is 0.872. The van der Waals surface area contributed by atoms with Crippen LogP contribution in [0.5, 0.6) is 11.5 Å². The third-order valence-corrected chi connectivity index (χ3v) is 4.06. The van der Waals surface area contributed by atoms with E-state index in [1.807, 2.05) is 23.1 Å². The Morgan fingerprint density at radius 2 is 1.82 bits per heavy atom. The van der Waals surface area contributed by atoms with Crippen LogP contribution in [0.3, 0.4) is 0 Å². The van der Waals surface area contributed by atoms with E-state index in [0.29, 0.717) is 17.1 Å². The summed E-state index contributed by atoms with van der Waals surface area (Å²) in [7, 11) is 3.15. The topological polar surface area (TPSA) is 38.8 Å². The maximum absolute atomic E-state index is 12.9. The van der Waals surface area contributed by atoms with E-state index in [1.165, 1.54) is 5.56 Å². The molecule has 0 aromatic heterocycles. The molecule has 2 aromatic carbocycles. The lowest BCUT2D eigenvalue weighted by Crippen LogP contribution is -2.35. The molecule has 0 aliphatic carbocycles. The molecule has 22 heavy (non-hydrogen) atoms. The Hall–Kier alpha value is -2.49. The largest absolute Gasteiger partial charge is 0.493 e. The van der Waals surface area contributed by atoms with E-state index in [9.17, 15) is 4.79 Å². The van der Waals surface area contributed by atoms with Gasteiger partial charge < -0.3 is 14.4 Å². The SMILES string of the molecule is COc1ccc(C(=O)N2c3ccccc3C[C@H]2C)cc1OC. The molecule has 0 saturated carbocycles. The summed E-state index contributed by atoms with van der Waals surface area (Å²) >= 11 is 0. The Bertz CT molecular complexity index is 711. The summed E-state index contributed by atoms with van der Waals surface area (Å²) in [5.41, 5.74) is 2.81. The van der Waals surface area contributed by atoms with Crippen molar-refractivity contribution >= 4 is 11.6 Å². The van der Waals surface area contributed by atoms with Crippen molar-refractivity contribution in [2.75, 3.05) is 19.1 Å². The van der Waals surface area contributed by atoms with E-state index in [0.717, 1.165) is 12.1 Å². The number of methoxy groups -OCH3 is 2. The highest BCUT2D eigenvalue weighted by atomic mass is 16.5. The predicted molar refractivity (Wildman–Crippen MR) is 86.0 cm³/mol. The van der Waals surface area contributed by atoms with Crippen LogP contribution < -0.4 is 14.4 Å². The number of ether oxygens (including phenoxy) is 2. The number of amides is 1. The third-order valence-electron chi connectivity index (χ3n) is 4.06. The first-order valence-corrected chi connectivity index (χ1v) is 7.29. The molecule has 0 bridgehead atoms. The molecule has 0 fully saturated rings. The number of benzene rings is 2. The van der Waals surface area contributed by atoms with Crippen LogP contribution >= 0.6 is 0 Å². The van der Waals surface area contributed by atoms with Crippen molar-refractivity contribution < 1.29 is 14.3 Å². The van der Waals surface area contributed by atoms with Gasteiger partial charge in [-0.2, -0.15) is 0 Å². The predicted octanol–water partition coefficient (Wildman–Crippen LogP) is 3.30. The van der Waals surface area contributed by atoms with E-state index in [1.54, 1.807) is 32.4 Å². The van der Waals surface area contributed by atoms with Crippen molar-refractivity contribution in [2.24, 2.45) is 0 Å². The summed E-state index contributed by atoms with van der Waals surface area (Å²) in [6.45, 7) is 2.07. The molecule has 1 aliphatic rings. The van der Waals surface area contributed by atoms with Gasteiger partial charge in [0.2, 0.25) is 0 Å². The first kappa shape index (κ1) is 14.4. The van der Waals surface area contributed by atoms with Crippen molar-refractivity contribution in [2.45, 2.75) is 19.4 Å². The van der Waals surface area contributed by atoms with E-state index >= 15 is 0 Å². The second-order valence-electron chi connectivity index (χ2n) is 5.43. The maximum atomic E-state index is 12.9. The van der Waals surface area contributed by atoms with Gasteiger partial charge in [0.05, 0.1) is 14.2 Å². The van der Waals surface area contributed by atoms with Crippen LogP contribution in [-0.4, -0.2) is 26.2 Å². The summed E-state index contributed by atoms with van der Waals surface area (Å²) in [6.07, 6.45) is 0.884. The van der Waals surface area contributed by atoms with Gasteiger partial charge in [0.1, 0.15) is 0 Å². The second kappa shape index (κ2) is 5.72. The van der Waals surface area contributed by atoms with E-state index < -0.39 is 0 Å². The van der Waals surface area contributed by atoms with Gasteiger partial charge in [0.25, 0.3) is 5.91 Å².